The molecule has 0 spiro atoms. The van der Waals surface area contributed by atoms with Gasteiger partial charge in [-0.25, -0.2) is 9.37 Å². The number of hydrogen-bond acceptors (Lipinski definition) is 4. The second-order valence-corrected chi connectivity index (χ2v) is 3.44. The Balaban J connectivity index is 3.48. The van der Waals surface area contributed by atoms with Crippen LogP contribution in [0, 0.1) is 5.82 Å². The Morgan fingerprint density at radius 3 is 2.35 bits per heavy atom. The molecule has 1 heterocycles. The first-order chi connectivity index (χ1) is 7.83. The average Bonchev–Trinajstić information content (AvgIpc) is 2.28. The van der Waals surface area contributed by atoms with Crippen molar-refractivity contribution in [2.75, 3.05) is 7.11 Å². The predicted octanol–water partition coefficient (Wildman–Crippen LogP) is 0.656. The Morgan fingerprint density at radius 2 is 1.94 bits per heavy atom. The summed E-state index contributed by atoms with van der Waals surface area (Å²) in [7, 11) is 1.25. The lowest BCUT2D eigenvalue weighted by molar-refractivity contribution is -0.156. The zero-order chi connectivity index (χ0) is 13.2. The average molecular weight is 243 g/mol. The van der Waals surface area contributed by atoms with Crippen molar-refractivity contribution in [3.63, 3.8) is 0 Å². The third kappa shape index (κ3) is 2.03. The summed E-state index contributed by atoms with van der Waals surface area (Å²) in [4.78, 5) is 25.5. The van der Waals surface area contributed by atoms with Crippen LogP contribution in [-0.4, -0.2) is 34.2 Å². The summed E-state index contributed by atoms with van der Waals surface area (Å²) in [6.45, 7) is 0.898. The molecule has 2 N–H and O–H groups in total. The minimum absolute atomic E-state index is 0.0601. The van der Waals surface area contributed by atoms with Crippen molar-refractivity contribution in [1.82, 2.24) is 4.98 Å². The van der Waals surface area contributed by atoms with Gasteiger partial charge in [-0.15, -0.1) is 0 Å². The van der Waals surface area contributed by atoms with Crippen LogP contribution in [0.25, 0.3) is 0 Å². The highest BCUT2D eigenvalue weighted by molar-refractivity contribution is 6.04. The number of ether oxygens (including phenoxy) is 1. The molecule has 0 radical (unpaired) electrons. The molecule has 92 valence electrons. The number of carboxylic acid groups (broad SMARTS) is 2. The van der Waals surface area contributed by atoms with Crippen LogP contribution in [0.5, 0.6) is 5.88 Å². The summed E-state index contributed by atoms with van der Waals surface area (Å²) < 4.78 is 18.2. The van der Waals surface area contributed by atoms with Gasteiger partial charge in [0, 0.05) is 11.6 Å². The Hall–Kier alpha value is -2.18. The number of aromatic nitrogens is 1. The molecule has 0 saturated carbocycles. The molecule has 0 aromatic carbocycles. The maximum absolute atomic E-state index is 13.5. The largest absolute Gasteiger partial charge is 0.481 e. The molecular weight excluding hydrogens is 233 g/mol. The number of hydrogen-bond donors (Lipinski definition) is 2. The molecule has 0 atom stereocenters. The van der Waals surface area contributed by atoms with Gasteiger partial charge >= 0.3 is 11.9 Å². The number of carbonyl (C=O) groups is 2. The molecule has 1 aromatic heterocycles. The van der Waals surface area contributed by atoms with Gasteiger partial charge in [-0.2, -0.15) is 0 Å². The van der Waals surface area contributed by atoms with Gasteiger partial charge in [0.15, 0.2) is 5.41 Å². The Morgan fingerprint density at radius 1 is 1.41 bits per heavy atom. The van der Waals surface area contributed by atoms with Gasteiger partial charge in [0.25, 0.3) is 0 Å². The summed E-state index contributed by atoms with van der Waals surface area (Å²) in [6.07, 6.45) is 0.721. The maximum atomic E-state index is 13.5. The number of rotatable bonds is 4. The van der Waals surface area contributed by atoms with Crippen LogP contribution in [0.15, 0.2) is 12.3 Å². The highest BCUT2D eigenvalue weighted by atomic mass is 19.1. The van der Waals surface area contributed by atoms with Crippen LogP contribution >= 0.6 is 0 Å². The van der Waals surface area contributed by atoms with Crippen LogP contribution in [0.4, 0.5) is 4.39 Å². The molecule has 0 aliphatic heterocycles. The van der Waals surface area contributed by atoms with E-state index in [4.69, 9.17) is 14.9 Å². The van der Waals surface area contributed by atoms with Gasteiger partial charge < -0.3 is 14.9 Å². The minimum atomic E-state index is -2.39. The monoisotopic (exact) mass is 243 g/mol. The van der Waals surface area contributed by atoms with Crippen molar-refractivity contribution in [2.45, 2.75) is 12.3 Å². The van der Waals surface area contributed by atoms with Crippen LogP contribution in [0.3, 0.4) is 0 Å². The van der Waals surface area contributed by atoms with Crippen molar-refractivity contribution in [3.8, 4) is 5.88 Å². The second-order valence-electron chi connectivity index (χ2n) is 3.44. The summed E-state index contributed by atoms with van der Waals surface area (Å²) in [5.74, 6) is -4.41. The third-order valence-electron chi connectivity index (χ3n) is 2.43. The standard InChI is InChI=1S/C10H10FNO5/c1-10(8(13)14,9(15)16)5-3-7(17-2)12-4-6(5)11/h3-4H,1-2H3,(H,13,14)(H,15,16). The SMILES string of the molecule is COc1cc(C(C)(C(=O)O)C(=O)O)c(F)cn1. The molecule has 0 aliphatic carbocycles. The molecule has 17 heavy (non-hydrogen) atoms. The molecular formula is C10H10FNO5. The molecule has 0 fully saturated rings. The third-order valence-corrected chi connectivity index (χ3v) is 2.43. The highest BCUT2D eigenvalue weighted by Crippen LogP contribution is 2.29. The van der Waals surface area contributed by atoms with Crippen LogP contribution in [0.2, 0.25) is 0 Å². The molecule has 0 aliphatic rings. The lowest BCUT2D eigenvalue weighted by Crippen LogP contribution is -2.41. The van der Waals surface area contributed by atoms with Crippen molar-refractivity contribution in [2.24, 2.45) is 0 Å². The molecule has 0 amide bonds. The number of methoxy groups -OCH3 is 1. The van der Waals surface area contributed by atoms with Crippen molar-refractivity contribution in [3.05, 3.63) is 23.6 Å². The summed E-state index contributed by atoms with van der Waals surface area (Å²) in [6, 6.07) is 0.956. The number of halogens is 1. The molecule has 6 nitrogen and oxygen atoms in total. The Bertz CT molecular complexity index is 460. The second kappa shape index (κ2) is 4.36. The topological polar surface area (TPSA) is 96.7 Å². The number of nitrogens with zero attached hydrogens (tertiary/aromatic N) is 1. The predicted molar refractivity (Wildman–Crippen MR) is 53.4 cm³/mol. The van der Waals surface area contributed by atoms with E-state index in [0.717, 1.165) is 19.2 Å². The number of aliphatic carboxylic acids is 2. The summed E-state index contributed by atoms with van der Waals surface area (Å²) in [5, 5.41) is 17.9. The molecule has 0 unspecified atom stereocenters. The van der Waals surface area contributed by atoms with E-state index in [1.165, 1.54) is 7.11 Å². The number of carboxylic acids is 2. The zero-order valence-corrected chi connectivity index (χ0v) is 9.10. The fraction of sp³-hybridized carbons (Fsp3) is 0.300. The lowest BCUT2D eigenvalue weighted by Gasteiger charge is -2.20. The van der Waals surface area contributed by atoms with Crippen molar-refractivity contribution in [1.29, 1.82) is 0 Å². The van der Waals surface area contributed by atoms with E-state index in [2.05, 4.69) is 4.98 Å². The van der Waals surface area contributed by atoms with E-state index in [-0.39, 0.29) is 5.88 Å². The van der Waals surface area contributed by atoms with E-state index in [1.54, 1.807) is 0 Å². The fourth-order valence-electron chi connectivity index (χ4n) is 1.24. The molecule has 0 saturated heterocycles. The van der Waals surface area contributed by atoms with Gasteiger partial charge in [-0.05, 0) is 6.92 Å². The van der Waals surface area contributed by atoms with Gasteiger partial charge in [0.1, 0.15) is 5.82 Å². The molecule has 0 bridgehead atoms. The van der Waals surface area contributed by atoms with Crippen LogP contribution in [0.1, 0.15) is 12.5 Å². The van der Waals surface area contributed by atoms with Gasteiger partial charge in [-0.3, -0.25) is 9.59 Å². The maximum Gasteiger partial charge on any atom is 0.325 e. The van der Waals surface area contributed by atoms with Crippen molar-refractivity contribution < 1.29 is 28.9 Å². The van der Waals surface area contributed by atoms with E-state index in [1.807, 2.05) is 0 Å². The van der Waals surface area contributed by atoms with Crippen LogP contribution in [-0.2, 0) is 15.0 Å². The normalized spacial score (nSPS) is 11.0. The first kappa shape index (κ1) is 12.9. The fourth-order valence-corrected chi connectivity index (χ4v) is 1.24. The Kier molecular flexibility index (Phi) is 3.31. The first-order valence-electron chi connectivity index (χ1n) is 4.50. The van der Waals surface area contributed by atoms with Crippen LogP contribution < -0.4 is 4.74 Å². The smallest absolute Gasteiger partial charge is 0.325 e. The zero-order valence-electron chi connectivity index (χ0n) is 9.10. The molecule has 7 heteroatoms. The lowest BCUT2D eigenvalue weighted by atomic mass is 9.83. The first-order valence-corrected chi connectivity index (χ1v) is 4.50. The molecule has 1 rings (SSSR count). The van der Waals surface area contributed by atoms with Gasteiger partial charge in [-0.1, -0.05) is 0 Å². The summed E-state index contributed by atoms with van der Waals surface area (Å²) >= 11 is 0. The van der Waals surface area contributed by atoms with E-state index >= 15 is 0 Å². The van der Waals surface area contributed by atoms with E-state index < -0.39 is 28.7 Å². The minimum Gasteiger partial charge on any atom is -0.481 e. The molecule has 1 aromatic rings. The quantitative estimate of drug-likeness (QED) is 0.754. The van der Waals surface area contributed by atoms with E-state index in [9.17, 15) is 14.0 Å². The summed E-state index contributed by atoms with van der Waals surface area (Å²) in [5.41, 5.74) is -2.90. The van der Waals surface area contributed by atoms with E-state index in [0.29, 0.717) is 0 Å². The van der Waals surface area contributed by atoms with Crippen molar-refractivity contribution >= 4 is 11.9 Å². The number of pyridine rings is 1. The van der Waals surface area contributed by atoms with Gasteiger partial charge in [0.2, 0.25) is 5.88 Å². The Labute approximate surface area is 95.7 Å². The van der Waals surface area contributed by atoms with Gasteiger partial charge in [0.05, 0.1) is 13.3 Å². The highest BCUT2D eigenvalue weighted by Gasteiger charge is 2.45.